The number of anilines is 1. The summed E-state index contributed by atoms with van der Waals surface area (Å²) in [5.74, 6) is 0.573. The van der Waals surface area contributed by atoms with Gasteiger partial charge in [0.2, 0.25) is 0 Å². The molecule has 1 aliphatic rings. The molecule has 2 aromatic heterocycles. The maximum Gasteiger partial charge on any atom is 0.573 e. The van der Waals surface area contributed by atoms with Gasteiger partial charge < -0.3 is 14.4 Å². The Hall–Kier alpha value is -3.81. The average molecular weight is 473 g/mol. The number of benzene rings is 1. The first-order valence-corrected chi connectivity index (χ1v) is 10.8. The highest BCUT2D eigenvalue weighted by Crippen LogP contribution is 2.32. The Labute approximate surface area is 193 Å². The lowest BCUT2D eigenvalue weighted by atomic mass is 9.97. The molecule has 3 aromatic rings. The van der Waals surface area contributed by atoms with Crippen LogP contribution in [0.5, 0.6) is 11.5 Å². The minimum atomic E-state index is -4.75. The topological polar surface area (TPSA) is 93.3 Å². The largest absolute Gasteiger partial charge is 0.573 e. The Balaban J connectivity index is 1.55. The number of fused-ring (bicyclic) bond motifs is 1. The Kier molecular flexibility index (Phi) is 6.32. The molecule has 0 N–H and O–H groups in total. The molecule has 0 amide bonds. The molecule has 0 saturated carbocycles. The summed E-state index contributed by atoms with van der Waals surface area (Å²) in [6, 6.07) is 10.6. The van der Waals surface area contributed by atoms with Crippen molar-refractivity contribution in [3.8, 4) is 17.6 Å². The monoisotopic (exact) mass is 473 g/mol. The Morgan fingerprint density at radius 1 is 1.15 bits per heavy atom. The van der Waals surface area contributed by atoms with Crippen LogP contribution < -0.4 is 20.1 Å². The molecule has 1 aliphatic heterocycles. The van der Waals surface area contributed by atoms with Crippen LogP contribution in [0.3, 0.4) is 0 Å². The second kappa shape index (κ2) is 9.21. The molecule has 0 aliphatic carbocycles. The fourth-order valence-corrected chi connectivity index (χ4v) is 4.17. The molecule has 0 bridgehead atoms. The number of aryl methyl sites for hydroxylation is 1. The van der Waals surface area contributed by atoms with Crippen molar-refractivity contribution < 1.29 is 22.6 Å². The standard InChI is InChI=1S/C23H22F3N5O3/c1-3-15-12-18(33-16-5-7-17(8-6-16)34-23(24,25)26)10-11-31(15)21-20-19(30(2)22(32)29-21)9-4-14(13-27)28-20/h4-9,15,18H,3,10-12H2,1-2H3. The lowest BCUT2D eigenvalue weighted by Crippen LogP contribution is -2.47. The summed E-state index contributed by atoms with van der Waals surface area (Å²) in [7, 11) is 1.61. The highest BCUT2D eigenvalue weighted by Gasteiger charge is 2.32. The molecule has 0 spiro atoms. The minimum Gasteiger partial charge on any atom is -0.490 e. The van der Waals surface area contributed by atoms with E-state index in [1.54, 1.807) is 19.2 Å². The third kappa shape index (κ3) is 4.90. The molecule has 2 atom stereocenters. The molecule has 1 fully saturated rings. The van der Waals surface area contributed by atoms with Crippen LogP contribution in [-0.4, -0.2) is 39.6 Å². The highest BCUT2D eigenvalue weighted by molar-refractivity contribution is 5.86. The van der Waals surface area contributed by atoms with Gasteiger partial charge in [-0.05, 0) is 42.8 Å². The van der Waals surface area contributed by atoms with E-state index in [9.17, 15) is 23.2 Å². The number of rotatable bonds is 5. The van der Waals surface area contributed by atoms with Gasteiger partial charge in [-0.15, -0.1) is 13.2 Å². The number of halogens is 3. The van der Waals surface area contributed by atoms with E-state index in [-0.39, 0.29) is 23.6 Å². The minimum absolute atomic E-state index is 0.0121. The third-order valence-electron chi connectivity index (χ3n) is 5.82. The van der Waals surface area contributed by atoms with E-state index in [4.69, 9.17) is 4.74 Å². The van der Waals surface area contributed by atoms with Crippen LogP contribution in [0.15, 0.2) is 41.2 Å². The van der Waals surface area contributed by atoms with Gasteiger partial charge in [0.1, 0.15) is 34.9 Å². The molecule has 11 heteroatoms. The molecular formula is C23H22F3N5O3. The average Bonchev–Trinajstić information content (AvgIpc) is 2.81. The number of hydrogen-bond donors (Lipinski definition) is 0. The van der Waals surface area contributed by atoms with Crippen molar-refractivity contribution in [2.24, 2.45) is 7.05 Å². The van der Waals surface area contributed by atoms with E-state index in [0.717, 1.165) is 6.42 Å². The summed E-state index contributed by atoms with van der Waals surface area (Å²) in [4.78, 5) is 23.2. The van der Waals surface area contributed by atoms with Gasteiger partial charge in [0.05, 0.1) is 5.52 Å². The van der Waals surface area contributed by atoms with E-state index < -0.39 is 12.1 Å². The van der Waals surface area contributed by atoms with E-state index in [1.807, 2.05) is 17.9 Å². The maximum absolute atomic E-state index is 12.5. The zero-order valence-electron chi connectivity index (χ0n) is 18.5. The summed E-state index contributed by atoms with van der Waals surface area (Å²) in [5.41, 5.74) is 0.893. The number of ether oxygens (including phenoxy) is 2. The number of aromatic nitrogens is 3. The number of hydrogen-bond acceptors (Lipinski definition) is 7. The van der Waals surface area contributed by atoms with Crippen LogP contribution >= 0.6 is 0 Å². The number of nitriles is 1. The number of piperidine rings is 1. The van der Waals surface area contributed by atoms with Gasteiger partial charge in [0, 0.05) is 32.5 Å². The van der Waals surface area contributed by atoms with Crippen molar-refractivity contribution in [2.45, 2.75) is 44.7 Å². The first-order chi connectivity index (χ1) is 16.2. The van der Waals surface area contributed by atoms with Crippen molar-refractivity contribution in [3.63, 3.8) is 0 Å². The number of alkyl halides is 3. The molecule has 4 rings (SSSR count). The smallest absolute Gasteiger partial charge is 0.490 e. The number of pyridine rings is 1. The normalized spacial score (nSPS) is 18.5. The summed E-state index contributed by atoms with van der Waals surface area (Å²) in [5, 5.41) is 9.27. The number of nitrogens with zero attached hydrogens (tertiary/aromatic N) is 5. The molecule has 1 aromatic carbocycles. The molecule has 178 valence electrons. The Bertz CT molecular complexity index is 1280. The molecule has 1 saturated heterocycles. The van der Waals surface area contributed by atoms with Crippen molar-refractivity contribution in [3.05, 3.63) is 52.6 Å². The quantitative estimate of drug-likeness (QED) is 0.554. The maximum atomic E-state index is 12.5. The SMILES string of the molecule is CCC1CC(Oc2ccc(OC(F)(F)F)cc2)CCN1c1nc(=O)n(C)c2ccc(C#N)nc12. The molecule has 8 nitrogen and oxygen atoms in total. The lowest BCUT2D eigenvalue weighted by molar-refractivity contribution is -0.274. The van der Waals surface area contributed by atoms with Crippen LogP contribution in [0, 0.1) is 11.3 Å². The predicted octanol–water partition coefficient (Wildman–Crippen LogP) is 3.93. The van der Waals surface area contributed by atoms with Crippen molar-refractivity contribution in [1.29, 1.82) is 5.26 Å². The van der Waals surface area contributed by atoms with Crippen LogP contribution in [0.2, 0.25) is 0 Å². The summed E-state index contributed by atoms with van der Waals surface area (Å²) in [6.07, 6.45) is -2.95. The zero-order chi connectivity index (χ0) is 24.5. The zero-order valence-corrected chi connectivity index (χ0v) is 18.5. The van der Waals surface area contributed by atoms with Crippen molar-refractivity contribution >= 4 is 16.9 Å². The van der Waals surface area contributed by atoms with Crippen molar-refractivity contribution in [1.82, 2.24) is 14.5 Å². The fraction of sp³-hybridized carbons (Fsp3) is 0.391. The second-order valence-electron chi connectivity index (χ2n) is 7.99. The van der Waals surface area contributed by atoms with Gasteiger partial charge in [-0.25, -0.2) is 9.78 Å². The van der Waals surface area contributed by atoms with Crippen LogP contribution in [-0.2, 0) is 7.05 Å². The van der Waals surface area contributed by atoms with Crippen LogP contribution in [0.1, 0.15) is 31.9 Å². The summed E-state index contributed by atoms with van der Waals surface area (Å²) >= 11 is 0. The lowest BCUT2D eigenvalue weighted by Gasteiger charge is -2.40. The fourth-order valence-electron chi connectivity index (χ4n) is 4.17. The van der Waals surface area contributed by atoms with Crippen LogP contribution in [0.4, 0.5) is 19.0 Å². The summed E-state index contributed by atoms with van der Waals surface area (Å²) in [6.45, 7) is 2.55. The highest BCUT2D eigenvalue weighted by atomic mass is 19.4. The van der Waals surface area contributed by atoms with Gasteiger partial charge >= 0.3 is 12.1 Å². The Morgan fingerprint density at radius 2 is 1.85 bits per heavy atom. The van der Waals surface area contributed by atoms with Gasteiger partial charge in [0.25, 0.3) is 0 Å². The van der Waals surface area contributed by atoms with Crippen molar-refractivity contribution in [2.75, 3.05) is 11.4 Å². The van der Waals surface area contributed by atoms with E-state index in [2.05, 4.69) is 14.7 Å². The molecule has 34 heavy (non-hydrogen) atoms. The van der Waals surface area contributed by atoms with E-state index in [0.29, 0.717) is 42.0 Å². The van der Waals surface area contributed by atoms with Gasteiger partial charge in [0.15, 0.2) is 5.82 Å². The first-order valence-electron chi connectivity index (χ1n) is 10.8. The molecular weight excluding hydrogens is 451 g/mol. The van der Waals surface area contributed by atoms with E-state index >= 15 is 0 Å². The van der Waals surface area contributed by atoms with Gasteiger partial charge in [-0.1, -0.05) is 6.92 Å². The second-order valence-corrected chi connectivity index (χ2v) is 7.99. The third-order valence-corrected chi connectivity index (χ3v) is 5.82. The predicted molar refractivity (Wildman–Crippen MR) is 118 cm³/mol. The van der Waals surface area contributed by atoms with Crippen LogP contribution in [0.25, 0.3) is 11.0 Å². The molecule has 2 unspecified atom stereocenters. The molecule has 0 radical (unpaired) electrons. The summed E-state index contributed by atoms with van der Waals surface area (Å²) < 4.78 is 48.4. The van der Waals surface area contributed by atoms with Gasteiger partial charge in [-0.3, -0.25) is 4.57 Å². The first kappa shape index (κ1) is 23.4. The Morgan fingerprint density at radius 3 is 2.50 bits per heavy atom. The van der Waals surface area contributed by atoms with E-state index in [1.165, 1.54) is 28.8 Å². The van der Waals surface area contributed by atoms with Gasteiger partial charge in [-0.2, -0.15) is 10.2 Å². The molecule has 3 heterocycles.